The van der Waals surface area contributed by atoms with Gasteiger partial charge in [-0.1, -0.05) is 11.6 Å². The number of carbonyl (C=O) groups excluding carboxylic acids is 1. The number of halogens is 2. The number of carbonyl (C=O) groups is 1. The van der Waals surface area contributed by atoms with Crippen LogP contribution in [0.1, 0.15) is 22.3 Å². The molecule has 0 saturated heterocycles. The fourth-order valence-corrected chi connectivity index (χ4v) is 2.58. The third-order valence-electron chi connectivity index (χ3n) is 2.24. The summed E-state index contributed by atoms with van der Waals surface area (Å²) < 4.78 is 0.650. The van der Waals surface area contributed by atoms with Gasteiger partial charge in [0.05, 0.1) is 15.2 Å². The Morgan fingerprint density at radius 2 is 2.15 bits per heavy atom. The van der Waals surface area contributed by atoms with Crippen LogP contribution in [0, 0.1) is 0 Å². The lowest BCUT2D eigenvalue weighted by Crippen LogP contribution is -1.98. The molecule has 0 saturated carbocycles. The smallest absolute Gasteiger partial charge is 0.164 e. The van der Waals surface area contributed by atoms with Gasteiger partial charge in [0.25, 0.3) is 0 Å². The molecule has 1 aromatic carbocycles. The average Bonchev–Trinajstić information content (AvgIpc) is 2.43. The Kier molecular flexibility index (Phi) is 2.08. The van der Waals surface area contributed by atoms with Crippen LogP contribution < -0.4 is 5.73 Å². The zero-order valence-corrected chi connectivity index (χ0v) is 9.08. The van der Waals surface area contributed by atoms with E-state index in [1.54, 1.807) is 6.07 Å². The first-order valence-electron chi connectivity index (χ1n) is 3.91. The van der Waals surface area contributed by atoms with E-state index >= 15 is 0 Å². The van der Waals surface area contributed by atoms with Crippen molar-refractivity contribution < 1.29 is 4.79 Å². The molecular weight excluding hydrogens is 253 g/mol. The monoisotopic (exact) mass is 259 g/mol. The van der Waals surface area contributed by atoms with Gasteiger partial charge in [-0.25, -0.2) is 0 Å². The fourth-order valence-electron chi connectivity index (χ4n) is 1.56. The molecule has 0 radical (unpaired) electrons. The minimum Gasteiger partial charge on any atom is -0.397 e. The minimum atomic E-state index is 0.144. The molecule has 4 heteroatoms. The van der Waals surface area contributed by atoms with E-state index in [9.17, 15) is 4.79 Å². The molecule has 13 heavy (non-hydrogen) atoms. The molecule has 1 aliphatic rings. The molecule has 2 N–H and O–H groups in total. The molecule has 1 aliphatic carbocycles. The second kappa shape index (κ2) is 3.00. The molecule has 2 rings (SSSR count). The van der Waals surface area contributed by atoms with Crippen molar-refractivity contribution in [1.82, 2.24) is 0 Å². The average molecular weight is 261 g/mol. The van der Waals surface area contributed by atoms with E-state index in [-0.39, 0.29) is 5.78 Å². The maximum atomic E-state index is 11.4. The quantitative estimate of drug-likeness (QED) is 0.729. The molecule has 68 valence electrons. The van der Waals surface area contributed by atoms with Crippen LogP contribution in [0.2, 0.25) is 5.02 Å². The molecule has 2 nitrogen and oxygen atoms in total. The summed E-state index contributed by atoms with van der Waals surface area (Å²) in [7, 11) is 0. The van der Waals surface area contributed by atoms with Crippen LogP contribution in [-0.4, -0.2) is 5.78 Å². The first-order chi connectivity index (χ1) is 6.11. The Labute approximate surface area is 89.2 Å². The lowest BCUT2D eigenvalue weighted by Gasteiger charge is -2.06. The standard InChI is InChI=1S/C9H7BrClNO/c10-8-7-4(1-2-6(7)13)3-5(11)9(8)12/h3H,1-2,12H2. The van der Waals surface area contributed by atoms with Gasteiger partial charge < -0.3 is 5.73 Å². The molecule has 0 aliphatic heterocycles. The van der Waals surface area contributed by atoms with Gasteiger partial charge >= 0.3 is 0 Å². The first kappa shape index (κ1) is 9.03. The highest BCUT2D eigenvalue weighted by molar-refractivity contribution is 9.10. The van der Waals surface area contributed by atoms with Gasteiger partial charge in [-0.3, -0.25) is 4.79 Å². The third kappa shape index (κ3) is 1.27. The van der Waals surface area contributed by atoms with Crippen molar-refractivity contribution in [1.29, 1.82) is 0 Å². The summed E-state index contributed by atoms with van der Waals surface area (Å²) in [5, 5.41) is 0.514. The van der Waals surface area contributed by atoms with Crippen LogP contribution in [-0.2, 0) is 6.42 Å². The zero-order valence-electron chi connectivity index (χ0n) is 6.73. The predicted octanol–water partition coefficient (Wildman–Crippen LogP) is 2.81. The van der Waals surface area contributed by atoms with Crippen molar-refractivity contribution in [3.63, 3.8) is 0 Å². The van der Waals surface area contributed by atoms with Crippen molar-refractivity contribution in [2.24, 2.45) is 0 Å². The highest BCUT2D eigenvalue weighted by Crippen LogP contribution is 2.37. The number of aryl methyl sites for hydroxylation is 1. The number of nitrogen functional groups attached to an aromatic ring is 1. The SMILES string of the molecule is Nc1c(Cl)cc2c(c1Br)C(=O)CC2. The Morgan fingerprint density at radius 3 is 2.85 bits per heavy atom. The normalized spacial score (nSPS) is 14.8. The van der Waals surface area contributed by atoms with Crippen molar-refractivity contribution in [3.05, 3.63) is 26.7 Å². The predicted molar refractivity (Wildman–Crippen MR) is 56.2 cm³/mol. The second-order valence-corrected chi connectivity index (χ2v) is 4.24. The molecule has 0 atom stereocenters. The second-order valence-electron chi connectivity index (χ2n) is 3.04. The zero-order chi connectivity index (χ0) is 9.59. The molecule has 0 bridgehead atoms. The lowest BCUT2D eigenvalue weighted by molar-refractivity contribution is 0.0994. The number of anilines is 1. The van der Waals surface area contributed by atoms with Gasteiger partial charge in [-0.05, 0) is 34.0 Å². The van der Waals surface area contributed by atoms with E-state index in [1.807, 2.05) is 0 Å². The van der Waals surface area contributed by atoms with Crippen LogP contribution in [0.3, 0.4) is 0 Å². The van der Waals surface area contributed by atoms with Crippen molar-refractivity contribution in [2.45, 2.75) is 12.8 Å². The van der Waals surface area contributed by atoms with E-state index in [1.165, 1.54) is 0 Å². The van der Waals surface area contributed by atoms with Crippen molar-refractivity contribution >= 4 is 39.0 Å². The number of fused-ring (bicyclic) bond motifs is 1. The number of Topliss-reactive ketones (excluding diaryl/α,β-unsaturated/α-hetero) is 1. The van der Waals surface area contributed by atoms with E-state index < -0.39 is 0 Å². The highest BCUT2D eigenvalue weighted by Gasteiger charge is 2.24. The third-order valence-corrected chi connectivity index (χ3v) is 3.37. The fraction of sp³-hybridized carbons (Fsp3) is 0.222. The van der Waals surface area contributed by atoms with E-state index in [0.717, 1.165) is 12.0 Å². The van der Waals surface area contributed by atoms with E-state index in [0.29, 0.717) is 27.2 Å². The number of ketones is 1. The number of hydrogen-bond donors (Lipinski definition) is 1. The Balaban J connectivity index is 2.75. The summed E-state index contributed by atoms with van der Waals surface area (Å²) in [6, 6.07) is 1.78. The number of hydrogen-bond acceptors (Lipinski definition) is 2. The summed E-state index contributed by atoms with van der Waals surface area (Å²) >= 11 is 9.17. The highest BCUT2D eigenvalue weighted by atomic mass is 79.9. The molecule has 0 aromatic heterocycles. The Hall–Kier alpha value is -0.540. The number of benzene rings is 1. The van der Waals surface area contributed by atoms with Crippen molar-refractivity contribution in [2.75, 3.05) is 5.73 Å². The van der Waals surface area contributed by atoms with Crippen LogP contribution in [0.5, 0.6) is 0 Å². The summed E-state index contributed by atoms with van der Waals surface area (Å²) in [4.78, 5) is 11.4. The minimum absolute atomic E-state index is 0.144. The maximum absolute atomic E-state index is 11.4. The van der Waals surface area contributed by atoms with E-state index in [4.69, 9.17) is 17.3 Å². The topological polar surface area (TPSA) is 43.1 Å². The molecular formula is C9H7BrClNO. The van der Waals surface area contributed by atoms with Crippen LogP contribution in [0.15, 0.2) is 10.5 Å². The van der Waals surface area contributed by atoms with E-state index in [2.05, 4.69) is 15.9 Å². The Bertz CT molecular complexity index is 403. The van der Waals surface area contributed by atoms with Crippen LogP contribution in [0.25, 0.3) is 0 Å². The molecule has 0 amide bonds. The molecule has 1 aromatic rings. The van der Waals surface area contributed by atoms with Gasteiger partial charge in [0.2, 0.25) is 0 Å². The van der Waals surface area contributed by atoms with Crippen molar-refractivity contribution in [3.8, 4) is 0 Å². The number of nitrogens with two attached hydrogens (primary N) is 1. The maximum Gasteiger partial charge on any atom is 0.164 e. The molecule has 0 heterocycles. The summed E-state index contributed by atoms with van der Waals surface area (Å²) in [5.41, 5.74) is 7.85. The van der Waals surface area contributed by atoms with Gasteiger partial charge in [0.15, 0.2) is 5.78 Å². The summed E-state index contributed by atoms with van der Waals surface area (Å²) in [5.74, 6) is 0.144. The Morgan fingerprint density at radius 1 is 1.46 bits per heavy atom. The molecule has 0 unspecified atom stereocenters. The van der Waals surface area contributed by atoms with Crippen LogP contribution >= 0.6 is 27.5 Å². The molecule has 0 fully saturated rings. The summed E-state index contributed by atoms with van der Waals surface area (Å²) in [6.07, 6.45) is 1.33. The van der Waals surface area contributed by atoms with Gasteiger partial charge in [0.1, 0.15) is 0 Å². The summed E-state index contributed by atoms with van der Waals surface area (Å²) in [6.45, 7) is 0. The molecule has 0 spiro atoms. The number of rotatable bonds is 0. The first-order valence-corrected chi connectivity index (χ1v) is 5.08. The van der Waals surface area contributed by atoms with Gasteiger partial charge in [0, 0.05) is 12.0 Å². The van der Waals surface area contributed by atoms with Crippen LogP contribution in [0.4, 0.5) is 5.69 Å². The van der Waals surface area contributed by atoms with Gasteiger partial charge in [-0.15, -0.1) is 0 Å². The largest absolute Gasteiger partial charge is 0.397 e. The lowest BCUT2D eigenvalue weighted by atomic mass is 10.1. The van der Waals surface area contributed by atoms with Gasteiger partial charge in [-0.2, -0.15) is 0 Å².